The van der Waals surface area contributed by atoms with Crippen LogP contribution in [0.1, 0.15) is 15.6 Å². The van der Waals surface area contributed by atoms with E-state index in [4.69, 9.17) is 0 Å². The molecule has 0 bridgehead atoms. The van der Waals surface area contributed by atoms with Gasteiger partial charge in [0.15, 0.2) is 0 Å². The van der Waals surface area contributed by atoms with Crippen molar-refractivity contribution >= 4 is 22.4 Å². The SMILES string of the molecule is Cc1nc(CC(O)Cn2cnc3ccccc32)sc1C. The Hall–Kier alpha value is -1.72. The molecule has 0 aliphatic carbocycles. The van der Waals surface area contributed by atoms with E-state index >= 15 is 0 Å². The minimum absolute atomic E-state index is 0.447. The van der Waals surface area contributed by atoms with Crippen LogP contribution in [0.2, 0.25) is 0 Å². The van der Waals surface area contributed by atoms with Crippen LogP contribution >= 0.6 is 11.3 Å². The quantitative estimate of drug-likeness (QED) is 0.802. The molecular formula is C15H17N3OS. The van der Waals surface area contributed by atoms with Crippen LogP contribution in [0.4, 0.5) is 0 Å². The third-order valence-corrected chi connectivity index (χ3v) is 4.51. The fourth-order valence-electron chi connectivity index (χ4n) is 2.28. The molecule has 2 heterocycles. The molecule has 0 spiro atoms. The molecule has 5 heteroatoms. The highest BCUT2D eigenvalue weighted by atomic mass is 32.1. The van der Waals surface area contributed by atoms with Gasteiger partial charge in [-0.1, -0.05) is 12.1 Å². The van der Waals surface area contributed by atoms with Crippen LogP contribution in [0, 0.1) is 13.8 Å². The highest BCUT2D eigenvalue weighted by Crippen LogP contribution is 2.19. The topological polar surface area (TPSA) is 50.9 Å². The first-order valence-corrected chi connectivity index (χ1v) is 7.46. The summed E-state index contributed by atoms with van der Waals surface area (Å²) in [4.78, 5) is 10.0. The number of nitrogens with zero attached hydrogens (tertiary/aromatic N) is 3. The van der Waals surface area contributed by atoms with E-state index in [1.807, 2.05) is 35.8 Å². The molecule has 0 radical (unpaired) electrons. The van der Waals surface area contributed by atoms with Gasteiger partial charge in [-0.3, -0.25) is 0 Å². The van der Waals surface area contributed by atoms with Crippen LogP contribution in [-0.2, 0) is 13.0 Å². The van der Waals surface area contributed by atoms with Gasteiger partial charge >= 0.3 is 0 Å². The number of aliphatic hydroxyl groups excluding tert-OH is 1. The van der Waals surface area contributed by atoms with Crippen molar-refractivity contribution in [3.05, 3.63) is 46.2 Å². The molecule has 20 heavy (non-hydrogen) atoms. The first kappa shape index (κ1) is 13.3. The molecule has 0 aliphatic heterocycles. The minimum atomic E-state index is -0.447. The fourth-order valence-corrected chi connectivity index (χ4v) is 3.28. The summed E-state index contributed by atoms with van der Waals surface area (Å²) in [5.41, 5.74) is 3.07. The summed E-state index contributed by atoms with van der Waals surface area (Å²) in [6.07, 6.45) is 1.93. The number of aromatic nitrogens is 3. The van der Waals surface area contributed by atoms with Gasteiger partial charge in [0.2, 0.25) is 0 Å². The number of imidazole rings is 1. The van der Waals surface area contributed by atoms with Crippen molar-refractivity contribution in [1.82, 2.24) is 14.5 Å². The molecule has 0 saturated heterocycles. The zero-order valence-electron chi connectivity index (χ0n) is 11.6. The zero-order chi connectivity index (χ0) is 14.1. The smallest absolute Gasteiger partial charge is 0.0959 e. The maximum Gasteiger partial charge on any atom is 0.0959 e. The highest BCUT2D eigenvalue weighted by Gasteiger charge is 2.12. The van der Waals surface area contributed by atoms with E-state index in [0.29, 0.717) is 13.0 Å². The molecule has 1 aromatic carbocycles. The van der Waals surface area contributed by atoms with Gasteiger partial charge in [-0.15, -0.1) is 11.3 Å². The summed E-state index contributed by atoms with van der Waals surface area (Å²) in [6.45, 7) is 4.61. The molecule has 104 valence electrons. The Morgan fingerprint density at radius 1 is 1.30 bits per heavy atom. The summed E-state index contributed by atoms with van der Waals surface area (Å²) < 4.78 is 1.99. The van der Waals surface area contributed by atoms with Gasteiger partial charge in [0, 0.05) is 11.3 Å². The van der Waals surface area contributed by atoms with Crippen molar-refractivity contribution in [2.75, 3.05) is 0 Å². The van der Waals surface area contributed by atoms with Gasteiger partial charge in [-0.05, 0) is 26.0 Å². The van der Waals surface area contributed by atoms with E-state index in [9.17, 15) is 5.11 Å². The summed E-state index contributed by atoms with van der Waals surface area (Å²) in [5, 5.41) is 11.2. The van der Waals surface area contributed by atoms with Gasteiger partial charge in [0.1, 0.15) is 0 Å². The van der Waals surface area contributed by atoms with Crippen LogP contribution in [0.25, 0.3) is 11.0 Å². The lowest BCUT2D eigenvalue weighted by Gasteiger charge is -2.10. The standard InChI is InChI=1S/C15H17N3OS/c1-10-11(2)20-15(17-10)7-12(19)8-18-9-16-13-5-3-4-6-14(13)18/h3-6,9,12,19H,7-8H2,1-2H3. The van der Waals surface area contributed by atoms with Crippen LogP contribution in [0.5, 0.6) is 0 Å². The largest absolute Gasteiger partial charge is 0.391 e. The van der Waals surface area contributed by atoms with E-state index in [0.717, 1.165) is 21.7 Å². The Bertz CT molecular complexity index is 712. The first-order valence-electron chi connectivity index (χ1n) is 6.64. The summed E-state index contributed by atoms with van der Waals surface area (Å²) in [5.74, 6) is 0. The number of aryl methyl sites for hydroxylation is 2. The second-order valence-corrected chi connectivity index (χ2v) is 6.28. The minimum Gasteiger partial charge on any atom is -0.391 e. The maximum absolute atomic E-state index is 10.3. The van der Waals surface area contributed by atoms with Crippen LogP contribution < -0.4 is 0 Å². The van der Waals surface area contributed by atoms with E-state index in [2.05, 4.69) is 16.9 Å². The van der Waals surface area contributed by atoms with E-state index in [1.165, 1.54) is 4.88 Å². The lowest BCUT2D eigenvalue weighted by atomic mass is 10.2. The number of hydrogen-bond donors (Lipinski definition) is 1. The lowest BCUT2D eigenvalue weighted by Crippen LogP contribution is -2.18. The van der Waals surface area contributed by atoms with Crippen molar-refractivity contribution < 1.29 is 5.11 Å². The molecule has 0 fully saturated rings. The maximum atomic E-state index is 10.3. The van der Waals surface area contributed by atoms with Crippen molar-refractivity contribution in [1.29, 1.82) is 0 Å². The number of aliphatic hydroxyl groups is 1. The number of para-hydroxylation sites is 2. The van der Waals surface area contributed by atoms with Gasteiger partial charge in [-0.25, -0.2) is 9.97 Å². The average molecular weight is 287 g/mol. The number of hydrogen-bond acceptors (Lipinski definition) is 4. The van der Waals surface area contributed by atoms with Gasteiger partial charge in [-0.2, -0.15) is 0 Å². The molecule has 0 aliphatic rings. The number of fused-ring (bicyclic) bond motifs is 1. The molecule has 3 rings (SSSR count). The Morgan fingerprint density at radius 2 is 2.10 bits per heavy atom. The molecule has 3 aromatic rings. The van der Waals surface area contributed by atoms with Crippen molar-refractivity contribution in [3.63, 3.8) is 0 Å². The first-order chi connectivity index (χ1) is 9.63. The summed E-state index contributed by atoms with van der Waals surface area (Å²) in [7, 11) is 0. The predicted octanol–water partition coefficient (Wildman–Crippen LogP) is 2.71. The molecule has 1 N–H and O–H groups in total. The molecular weight excluding hydrogens is 270 g/mol. The van der Waals surface area contributed by atoms with E-state index in [-0.39, 0.29) is 0 Å². The fraction of sp³-hybridized carbons (Fsp3) is 0.333. The van der Waals surface area contributed by atoms with E-state index in [1.54, 1.807) is 17.7 Å². The summed E-state index contributed by atoms with van der Waals surface area (Å²) in [6, 6.07) is 7.95. The second-order valence-electron chi connectivity index (χ2n) is 4.99. The Morgan fingerprint density at radius 3 is 2.85 bits per heavy atom. The van der Waals surface area contributed by atoms with Gasteiger partial charge < -0.3 is 9.67 Å². The average Bonchev–Trinajstić information content (AvgIpc) is 2.95. The van der Waals surface area contributed by atoms with Crippen LogP contribution in [0.15, 0.2) is 30.6 Å². The third-order valence-electron chi connectivity index (χ3n) is 3.42. The van der Waals surface area contributed by atoms with Crippen molar-refractivity contribution in [3.8, 4) is 0 Å². The van der Waals surface area contributed by atoms with Crippen LogP contribution in [-0.4, -0.2) is 25.7 Å². The lowest BCUT2D eigenvalue weighted by molar-refractivity contribution is 0.155. The highest BCUT2D eigenvalue weighted by molar-refractivity contribution is 7.11. The molecule has 1 atom stereocenters. The number of benzene rings is 1. The molecule has 2 aromatic heterocycles. The van der Waals surface area contributed by atoms with Gasteiger partial charge in [0.25, 0.3) is 0 Å². The normalized spacial score (nSPS) is 12.9. The Labute approximate surface area is 121 Å². The molecule has 0 amide bonds. The number of rotatable bonds is 4. The molecule has 1 unspecified atom stereocenters. The third kappa shape index (κ3) is 2.59. The van der Waals surface area contributed by atoms with Crippen molar-refractivity contribution in [2.24, 2.45) is 0 Å². The van der Waals surface area contributed by atoms with Gasteiger partial charge in [0.05, 0.1) is 40.7 Å². The second kappa shape index (κ2) is 5.34. The molecule has 4 nitrogen and oxygen atoms in total. The monoisotopic (exact) mass is 287 g/mol. The van der Waals surface area contributed by atoms with Crippen LogP contribution in [0.3, 0.4) is 0 Å². The van der Waals surface area contributed by atoms with E-state index < -0.39 is 6.10 Å². The Balaban J connectivity index is 1.74. The molecule has 0 saturated carbocycles. The van der Waals surface area contributed by atoms with Crippen molar-refractivity contribution in [2.45, 2.75) is 32.9 Å². The number of thiazole rings is 1. The zero-order valence-corrected chi connectivity index (χ0v) is 12.4. The summed E-state index contributed by atoms with van der Waals surface area (Å²) >= 11 is 1.66. The predicted molar refractivity (Wildman–Crippen MR) is 81.0 cm³/mol. The Kier molecular flexibility index (Phi) is 3.54.